The first-order valence-electron chi connectivity index (χ1n) is 7.96. The van der Waals surface area contributed by atoms with E-state index in [0.717, 1.165) is 24.3 Å². The van der Waals surface area contributed by atoms with Crippen LogP contribution in [0.15, 0.2) is 17.5 Å². The van der Waals surface area contributed by atoms with E-state index in [0.29, 0.717) is 13.0 Å². The average Bonchev–Trinajstić information content (AvgIpc) is 3.01. The largest absolute Gasteiger partial charge is 0.465 e. The molecule has 2 rings (SSSR count). The van der Waals surface area contributed by atoms with Crippen LogP contribution in [0.2, 0.25) is 18.1 Å². The molecule has 1 aliphatic rings. The lowest BCUT2D eigenvalue weighted by atomic mass is 10.1. The molecule has 0 amide bonds. The first kappa shape index (κ1) is 17.7. The molecular formula is C17H28O3SSi. The highest BCUT2D eigenvalue weighted by atomic mass is 32.1. The van der Waals surface area contributed by atoms with Crippen LogP contribution in [0.4, 0.5) is 0 Å². The SMILES string of the molecule is CC(C)(C)[Si](C)(C)OCC1(COC(=O)Cc2cccs2)CC1. The molecule has 1 aromatic rings. The van der Waals surface area contributed by atoms with E-state index in [1.54, 1.807) is 11.3 Å². The number of hydrogen-bond donors (Lipinski definition) is 0. The maximum atomic E-state index is 11.9. The fourth-order valence-corrected chi connectivity index (χ4v) is 3.69. The summed E-state index contributed by atoms with van der Waals surface area (Å²) in [6.07, 6.45) is 2.60. The van der Waals surface area contributed by atoms with E-state index < -0.39 is 8.32 Å². The first-order chi connectivity index (χ1) is 10.1. The molecule has 0 bridgehead atoms. The molecule has 3 nitrogen and oxygen atoms in total. The van der Waals surface area contributed by atoms with Crippen molar-refractivity contribution in [2.45, 2.75) is 58.2 Å². The molecule has 22 heavy (non-hydrogen) atoms. The molecule has 0 aromatic carbocycles. The summed E-state index contributed by atoms with van der Waals surface area (Å²) in [5.41, 5.74) is 0.0840. The number of rotatable bonds is 7. The molecule has 0 saturated heterocycles. The van der Waals surface area contributed by atoms with E-state index in [2.05, 4.69) is 33.9 Å². The standard InChI is InChI=1S/C17H28O3SSi/c1-16(2,3)22(4,5)20-13-17(8-9-17)12-19-15(18)11-14-7-6-10-21-14/h6-7,10H,8-9,11-13H2,1-5H3. The van der Waals surface area contributed by atoms with Gasteiger partial charge in [0.15, 0.2) is 8.32 Å². The van der Waals surface area contributed by atoms with Gasteiger partial charge in [-0.15, -0.1) is 11.3 Å². The average molecular weight is 341 g/mol. The Kier molecular flexibility index (Phi) is 5.19. The van der Waals surface area contributed by atoms with E-state index in [9.17, 15) is 4.79 Å². The minimum absolute atomic E-state index is 0.0840. The highest BCUT2D eigenvalue weighted by Crippen LogP contribution is 2.48. The number of thiophene rings is 1. The van der Waals surface area contributed by atoms with Gasteiger partial charge in [0.2, 0.25) is 0 Å². The van der Waals surface area contributed by atoms with E-state index in [1.165, 1.54) is 0 Å². The smallest absolute Gasteiger partial charge is 0.311 e. The summed E-state index contributed by atoms with van der Waals surface area (Å²) in [6.45, 7) is 12.5. The van der Waals surface area contributed by atoms with Gasteiger partial charge in [-0.3, -0.25) is 4.79 Å². The summed E-state index contributed by atoms with van der Waals surface area (Å²) >= 11 is 1.60. The van der Waals surface area contributed by atoms with Gasteiger partial charge >= 0.3 is 5.97 Å². The summed E-state index contributed by atoms with van der Waals surface area (Å²) in [7, 11) is -1.72. The molecule has 1 saturated carbocycles. The molecule has 1 heterocycles. The Morgan fingerprint density at radius 1 is 1.32 bits per heavy atom. The zero-order valence-electron chi connectivity index (χ0n) is 14.4. The lowest BCUT2D eigenvalue weighted by Crippen LogP contribution is -2.42. The lowest BCUT2D eigenvalue weighted by molar-refractivity contribution is -0.145. The van der Waals surface area contributed by atoms with Crippen LogP contribution in [-0.2, 0) is 20.4 Å². The summed E-state index contributed by atoms with van der Waals surface area (Å²) in [4.78, 5) is 13.0. The Bertz CT molecular complexity index is 498. The summed E-state index contributed by atoms with van der Waals surface area (Å²) in [5.74, 6) is -0.124. The van der Waals surface area contributed by atoms with Crippen LogP contribution in [0.25, 0.3) is 0 Å². The third kappa shape index (κ3) is 4.67. The zero-order chi connectivity index (χ0) is 16.4. The Morgan fingerprint density at radius 2 is 2.00 bits per heavy atom. The molecule has 124 valence electrons. The van der Waals surface area contributed by atoms with Gasteiger partial charge in [0.25, 0.3) is 0 Å². The lowest BCUT2D eigenvalue weighted by Gasteiger charge is -2.37. The minimum atomic E-state index is -1.72. The fraction of sp³-hybridized carbons (Fsp3) is 0.706. The van der Waals surface area contributed by atoms with Gasteiger partial charge in [0.1, 0.15) is 0 Å². The van der Waals surface area contributed by atoms with Crippen molar-refractivity contribution in [3.05, 3.63) is 22.4 Å². The Hall–Kier alpha value is -0.653. The number of ether oxygens (including phenoxy) is 1. The molecule has 0 N–H and O–H groups in total. The van der Waals surface area contributed by atoms with Crippen LogP contribution < -0.4 is 0 Å². The van der Waals surface area contributed by atoms with Crippen molar-refractivity contribution in [1.29, 1.82) is 0 Å². The van der Waals surface area contributed by atoms with Crippen LogP contribution in [0.1, 0.15) is 38.5 Å². The molecule has 5 heteroatoms. The highest BCUT2D eigenvalue weighted by molar-refractivity contribution is 7.10. The molecular weight excluding hydrogens is 312 g/mol. The number of esters is 1. The minimum Gasteiger partial charge on any atom is -0.465 e. The second kappa shape index (κ2) is 6.46. The van der Waals surface area contributed by atoms with Gasteiger partial charge < -0.3 is 9.16 Å². The molecule has 0 radical (unpaired) electrons. The third-order valence-corrected chi connectivity index (χ3v) is 10.3. The van der Waals surface area contributed by atoms with Crippen molar-refractivity contribution in [1.82, 2.24) is 0 Å². The topological polar surface area (TPSA) is 35.5 Å². The van der Waals surface area contributed by atoms with Crippen LogP contribution in [0.5, 0.6) is 0 Å². The van der Waals surface area contributed by atoms with Gasteiger partial charge in [-0.2, -0.15) is 0 Å². The Morgan fingerprint density at radius 3 is 2.50 bits per heavy atom. The van der Waals surface area contributed by atoms with Crippen LogP contribution in [0.3, 0.4) is 0 Å². The molecule has 1 aliphatic carbocycles. The van der Waals surface area contributed by atoms with Crippen molar-refractivity contribution in [2.24, 2.45) is 5.41 Å². The Balaban J connectivity index is 1.77. The number of carbonyl (C=O) groups excluding carboxylic acids is 1. The van der Waals surface area contributed by atoms with E-state index >= 15 is 0 Å². The van der Waals surface area contributed by atoms with Crippen molar-refractivity contribution in [3.63, 3.8) is 0 Å². The molecule has 0 aliphatic heterocycles. The first-order valence-corrected chi connectivity index (χ1v) is 11.7. The molecule has 0 spiro atoms. The Labute approximate surface area is 139 Å². The third-order valence-electron chi connectivity index (χ3n) is 4.94. The summed E-state index contributed by atoms with van der Waals surface area (Å²) < 4.78 is 11.8. The van der Waals surface area contributed by atoms with Gasteiger partial charge in [0.05, 0.1) is 13.0 Å². The molecule has 0 atom stereocenters. The van der Waals surface area contributed by atoms with E-state index in [-0.39, 0.29) is 16.4 Å². The number of hydrogen-bond acceptors (Lipinski definition) is 4. The predicted molar refractivity (Wildman–Crippen MR) is 93.8 cm³/mol. The van der Waals surface area contributed by atoms with Crippen molar-refractivity contribution >= 4 is 25.6 Å². The van der Waals surface area contributed by atoms with Gasteiger partial charge in [-0.05, 0) is 42.4 Å². The molecule has 1 fully saturated rings. The van der Waals surface area contributed by atoms with Crippen LogP contribution in [0, 0.1) is 5.41 Å². The summed E-state index contributed by atoms with van der Waals surface area (Å²) in [6, 6.07) is 3.93. The highest BCUT2D eigenvalue weighted by Gasteiger charge is 2.47. The van der Waals surface area contributed by atoms with Gasteiger partial charge in [-0.25, -0.2) is 0 Å². The maximum absolute atomic E-state index is 11.9. The van der Waals surface area contributed by atoms with Crippen molar-refractivity contribution in [3.8, 4) is 0 Å². The molecule has 0 unspecified atom stereocenters. The van der Waals surface area contributed by atoms with Crippen LogP contribution in [-0.4, -0.2) is 27.5 Å². The zero-order valence-corrected chi connectivity index (χ0v) is 16.2. The monoisotopic (exact) mass is 340 g/mol. The summed E-state index contributed by atoms with van der Waals surface area (Å²) in [5, 5.41) is 2.21. The van der Waals surface area contributed by atoms with Gasteiger partial charge in [-0.1, -0.05) is 26.8 Å². The van der Waals surface area contributed by atoms with Crippen LogP contribution >= 0.6 is 11.3 Å². The fourth-order valence-electron chi connectivity index (χ4n) is 1.90. The second-order valence-corrected chi connectivity index (χ2v) is 13.8. The van der Waals surface area contributed by atoms with E-state index in [4.69, 9.17) is 9.16 Å². The number of carbonyl (C=O) groups is 1. The predicted octanol–water partition coefficient (Wildman–Crippen LogP) is 4.64. The normalized spacial score (nSPS) is 17.3. The van der Waals surface area contributed by atoms with Crippen molar-refractivity contribution < 1.29 is 14.0 Å². The maximum Gasteiger partial charge on any atom is 0.311 e. The van der Waals surface area contributed by atoms with Crippen molar-refractivity contribution in [2.75, 3.05) is 13.2 Å². The quantitative estimate of drug-likeness (QED) is 0.536. The van der Waals surface area contributed by atoms with Gasteiger partial charge in [0, 0.05) is 16.9 Å². The molecule has 1 aromatic heterocycles. The second-order valence-electron chi connectivity index (χ2n) is 7.97. The van der Waals surface area contributed by atoms with E-state index in [1.807, 2.05) is 17.5 Å².